The molecule has 0 aliphatic rings. The van der Waals surface area contributed by atoms with Crippen molar-refractivity contribution in [3.05, 3.63) is 23.9 Å². The Morgan fingerprint density at radius 2 is 1.92 bits per heavy atom. The Bertz CT molecular complexity index is 690. The molecule has 3 N–H and O–H groups in total. The number of nitrogens with zero attached hydrogens (tertiary/aromatic N) is 2. The van der Waals surface area contributed by atoms with E-state index in [0.29, 0.717) is 5.96 Å². The summed E-state index contributed by atoms with van der Waals surface area (Å²) in [5.74, 6) is 2.23. The fraction of sp³-hybridized carbons (Fsp3) is 0.500. The molecule has 0 saturated heterocycles. The minimum Gasteiger partial charge on any atom is -0.497 e. The highest BCUT2D eigenvalue weighted by atomic mass is 16.5. The lowest BCUT2D eigenvalue weighted by Gasteiger charge is -2.19. The lowest BCUT2D eigenvalue weighted by atomic mass is 10.2. The van der Waals surface area contributed by atoms with Crippen molar-refractivity contribution in [1.29, 1.82) is 0 Å². The molecule has 1 aromatic heterocycles. The molecule has 0 aliphatic heterocycles. The van der Waals surface area contributed by atoms with E-state index < -0.39 is 0 Å². The molecule has 0 radical (unpaired) electrons. The topological polar surface area (TPSA) is 75.9 Å². The van der Waals surface area contributed by atoms with Gasteiger partial charge in [-0.3, -0.25) is 4.99 Å². The van der Waals surface area contributed by atoms with Crippen LogP contribution < -0.4 is 15.2 Å². The first kappa shape index (κ1) is 18.0. The van der Waals surface area contributed by atoms with Crippen LogP contribution in [0.5, 0.6) is 11.5 Å². The van der Waals surface area contributed by atoms with Crippen molar-refractivity contribution in [3.8, 4) is 11.5 Å². The number of ether oxygens (including phenoxy) is 2. The third-order valence-electron chi connectivity index (χ3n) is 4.15. The molecule has 0 unspecified atom stereocenters. The maximum Gasteiger partial charge on any atom is 0.191 e. The van der Waals surface area contributed by atoms with Crippen LogP contribution in [-0.4, -0.2) is 49.7 Å². The molecule has 24 heavy (non-hydrogen) atoms. The summed E-state index contributed by atoms with van der Waals surface area (Å²) in [5, 5.41) is 1.07. The van der Waals surface area contributed by atoms with E-state index >= 15 is 0 Å². The van der Waals surface area contributed by atoms with E-state index in [1.54, 1.807) is 14.2 Å². The summed E-state index contributed by atoms with van der Waals surface area (Å²) in [7, 11) is 3.33. The van der Waals surface area contributed by atoms with E-state index in [2.05, 4.69) is 34.8 Å². The van der Waals surface area contributed by atoms with Crippen LogP contribution in [-0.2, 0) is 6.42 Å². The predicted octanol–water partition coefficient (Wildman–Crippen LogP) is 2.77. The molecule has 2 rings (SSSR count). The van der Waals surface area contributed by atoms with E-state index in [1.165, 1.54) is 0 Å². The van der Waals surface area contributed by atoms with Crippen LogP contribution in [0.4, 0.5) is 0 Å². The Labute approximate surface area is 143 Å². The van der Waals surface area contributed by atoms with Crippen LogP contribution in [0, 0.1) is 0 Å². The van der Waals surface area contributed by atoms with Gasteiger partial charge in [-0.05, 0) is 32.8 Å². The second kappa shape index (κ2) is 8.47. The first-order valence-corrected chi connectivity index (χ1v) is 8.41. The molecule has 6 heteroatoms. The number of methoxy groups -OCH3 is 2. The highest BCUT2D eigenvalue weighted by Gasteiger charge is 2.09. The molecule has 0 atom stereocenters. The van der Waals surface area contributed by atoms with Gasteiger partial charge in [0.1, 0.15) is 11.5 Å². The number of aromatic amines is 1. The normalized spacial score (nSPS) is 11.8. The Balaban J connectivity index is 2.02. The zero-order valence-corrected chi connectivity index (χ0v) is 15.1. The third-order valence-corrected chi connectivity index (χ3v) is 4.15. The van der Waals surface area contributed by atoms with E-state index in [4.69, 9.17) is 15.2 Å². The number of guanidine groups is 1. The number of hydrogen-bond acceptors (Lipinski definition) is 3. The maximum absolute atomic E-state index is 5.99. The standard InChI is InChI=1S/C18H28N4O2/c1-5-22(6-2)18(19)20-9-7-8-13-10-15-16(21-13)11-14(23-3)12-17(15)24-4/h10-12,21H,5-9H2,1-4H3,(H2,19,20). The average molecular weight is 332 g/mol. The number of aliphatic imine (C=N–C) groups is 1. The summed E-state index contributed by atoms with van der Waals surface area (Å²) in [5.41, 5.74) is 8.17. The number of rotatable bonds is 8. The number of fused-ring (bicyclic) bond motifs is 1. The first-order chi connectivity index (χ1) is 11.6. The van der Waals surface area contributed by atoms with Crippen LogP contribution in [0.2, 0.25) is 0 Å². The monoisotopic (exact) mass is 332 g/mol. The molecule has 0 saturated carbocycles. The van der Waals surface area contributed by atoms with Crippen LogP contribution in [0.25, 0.3) is 10.9 Å². The lowest BCUT2D eigenvalue weighted by molar-refractivity contribution is 0.398. The molecule has 1 aromatic carbocycles. The first-order valence-electron chi connectivity index (χ1n) is 8.41. The van der Waals surface area contributed by atoms with Crippen LogP contribution in [0.15, 0.2) is 23.2 Å². The lowest BCUT2D eigenvalue weighted by Crippen LogP contribution is -2.37. The van der Waals surface area contributed by atoms with Crippen molar-refractivity contribution >= 4 is 16.9 Å². The number of aryl methyl sites for hydroxylation is 1. The van der Waals surface area contributed by atoms with Gasteiger partial charge in [-0.25, -0.2) is 0 Å². The van der Waals surface area contributed by atoms with Gasteiger partial charge >= 0.3 is 0 Å². The number of hydrogen-bond donors (Lipinski definition) is 2. The molecular formula is C18H28N4O2. The summed E-state index contributed by atoms with van der Waals surface area (Å²) in [6.07, 6.45) is 1.85. The molecule has 0 bridgehead atoms. The third kappa shape index (κ3) is 4.13. The largest absolute Gasteiger partial charge is 0.497 e. The molecule has 0 aliphatic carbocycles. The Hall–Kier alpha value is -2.37. The minimum absolute atomic E-state index is 0.628. The predicted molar refractivity (Wildman–Crippen MR) is 99.1 cm³/mol. The molecule has 132 valence electrons. The van der Waals surface area contributed by atoms with Gasteiger partial charge in [-0.15, -0.1) is 0 Å². The number of benzene rings is 1. The second-order valence-corrected chi connectivity index (χ2v) is 5.60. The summed E-state index contributed by atoms with van der Waals surface area (Å²) in [6.45, 7) is 6.65. The summed E-state index contributed by atoms with van der Waals surface area (Å²) < 4.78 is 10.8. The molecular weight excluding hydrogens is 304 g/mol. The van der Waals surface area contributed by atoms with Gasteiger partial charge in [0.05, 0.1) is 19.7 Å². The summed E-state index contributed by atoms with van der Waals surface area (Å²) in [6, 6.07) is 6.01. The number of nitrogens with one attached hydrogen (secondary N) is 1. The molecule has 1 heterocycles. The van der Waals surface area contributed by atoms with Crippen molar-refractivity contribution in [2.24, 2.45) is 10.7 Å². The zero-order valence-electron chi connectivity index (χ0n) is 15.1. The Morgan fingerprint density at radius 1 is 1.17 bits per heavy atom. The Morgan fingerprint density at radius 3 is 2.54 bits per heavy atom. The number of aromatic nitrogens is 1. The highest BCUT2D eigenvalue weighted by molar-refractivity contribution is 5.88. The van der Waals surface area contributed by atoms with Gasteiger partial charge < -0.3 is 25.1 Å². The van der Waals surface area contributed by atoms with Crippen molar-refractivity contribution in [1.82, 2.24) is 9.88 Å². The van der Waals surface area contributed by atoms with E-state index in [0.717, 1.165) is 60.6 Å². The van der Waals surface area contributed by atoms with E-state index in [1.807, 2.05) is 12.1 Å². The molecule has 0 amide bonds. The SMILES string of the molecule is CCN(CC)C(N)=NCCCc1cc2c(OC)cc(OC)cc2[nH]1. The highest BCUT2D eigenvalue weighted by Crippen LogP contribution is 2.31. The Kier molecular flexibility index (Phi) is 6.35. The van der Waals surface area contributed by atoms with Crippen LogP contribution in [0.1, 0.15) is 26.0 Å². The number of H-pyrrole nitrogens is 1. The molecule has 6 nitrogen and oxygen atoms in total. The molecule has 0 fully saturated rings. The van der Waals surface area contributed by atoms with Crippen molar-refractivity contribution in [3.63, 3.8) is 0 Å². The fourth-order valence-corrected chi connectivity index (χ4v) is 2.77. The maximum atomic E-state index is 5.99. The van der Waals surface area contributed by atoms with Crippen molar-refractivity contribution in [2.45, 2.75) is 26.7 Å². The van der Waals surface area contributed by atoms with Crippen molar-refractivity contribution < 1.29 is 9.47 Å². The average Bonchev–Trinajstić information content (AvgIpc) is 3.01. The van der Waals surface area contributed by atoms with E-state index in [-0.39, 0.29) is 0 Å². The van der Waals surface area contributed by atoms with Crippen molar-refractivity contribution in [2.75, 3.05) is 33.9 Å². The van der Waals surface area contributed by atoms with Gasteiger partial charge in [0.25, 0.3) is 0 Å². The summed E-state index contributed by atoms with van der Waals surface area (Å²) >= 11 is 0. The second-order valence-electron chi connectivity index (χ2n) is 5.60. The fourth-order valence-electron chi connectivity index (χ4n) is 2.77. The minimum atomic E-state index is 0.628. The smallest absolute Gasteiger partial charge is 0.191 e. The van der Waals surface area contributed by atoms with Crippen LogP contribution >= 0.6 is 0 Å². The van der Waals surface area contributed by atoms with E-state index in [9.17, 15) is 0 Å². The van der Waals surface area contributed by atoms with Gasteiger partial charge in [0.15, 0.2) is 5.96 Å². The van der Waals surface area contributed by atoms with Gasteiger partial charge in [-0.2, -0.15) is 0 Å². The molecule has 2 aromatic rings. The van der Waals surface area contributed by atoms with Gasteiger partial charge in [-0.1, -0.05) is 0 Å². The van der Waals surface area contributed by atoms with Crippen LogP contribution in [0.3, 0.4) is 0 Å². The number of nitrogens with two attached hydrogens (primary N) is 1. The zero-order chi connectivity index (χ0) is 17.5. The van der Waals surface area contributed by atoms with Gasteiger partial charge in [0.2, 0.25) is 0 Å². The summed E-state index contributed by atoms with van der Waals surface area (Å²) in [4.78, 5) is 9.94. The van der Waals surface area contributed by atoms with Gasteiger partial charge in [0, 0.05) is 42.8 Å². The quantitative estimate of drug-likeness (QED) is 0.443. The molecule has 0 spiro atoms.